The van der Waals surface area contributed by atoms with Crippen LogP contribution in [-0.2, 0) is 16.0 Å². The highest BCUT2D eigenvalue weighted by Crippen LogP contribution is 2.34. The van der Waals surface area contributed by atoms with Crippen LogP contribution in [0.4, 0.5) is 16.2 Å². The molecular weight excluding hydrogens is 513 g/mol. The Balaban J connectivity index is 1.23. The molecule has 0 radical (unpaired) electrons. The van der Waals surface area contributed by atoms with Gasteiger partial charge in [0.05, 0.1) is 28.0 Å². The molecular formula is C28H35Cl2N3O4. The average molecular weight is 549 g/mol. The molecule has 9 heteroatoms. The number of hydrogen-bond acceptors (Lipinski definition) is 6. The first kappa shape index (κ1) is 27.6. The molecule has 4 rings (SSSR count). The Morgan fingerprint density at radius 3 is 2.46 bits per heavy atom. The molecule has 2 aliphatic heterocycles. The summed E-state index contributed by atoms with van der Waals surface area (Å²) in [7, 11) is 0. The van der Waals surface area contributed by atoms with Gasteiger partial charge >= 0.3 is 6.09 Å². The molecule has 2 amide bonds. The number of amides is 2. The minimum absolute atomic E-state index is 0.253. The summed E-state index contributed by atoms with van der Waals surface area (Å²) in [6, 6.07) is 11.4. The number of ether oxygens (including phenoxy) is 2. The van der Waals surface area contributed by atoms with E-state index < -0.39 is 11.7 Å². The molecule has 0 spiro atoms. The molecule has 0 bridgehead atoms. The van der Waals surface area contributed by atoms with E-state index in [0.717, 1.165) is 61.7 Å². The highest BCUT2D eigenvalue weighted by atomic mass is 35.5. The molecule has 2 aliphatic rings. The second-order valence-corrected chi connectivity index (χ2v) is 11.2. The maximum Gasteiger partial charge on any atom is 0.421 e. The Hall–Kier alpha value is -2.48. The standard InChI is InChI=1S/C28H35Cl2N3O4/c1-28(2,3)37-27(35)33-24-19-21(11-9-20(24)10-12-25(33)34)36-18-5-4-13-31-14-16-32(17-15-31)23-8-6-7-22(29)26(23)30/h6-9,11,19H,4-5,10,12-18H2,1-3H3. The number of aryl methyl sites for hydroxylation is 1. The lowest BCUT2D eigenvalue weighted by Gasteiger charge is -2.36. The van der Waals surface area contributed by atoms with Crippen LogP contribution in [0.25, 0.3) is 0 Å². The van der Waals surface area contributed by atoms with Crippen LogP contribution in [0.1, 0.15) is 45.6 Å². The van der Waals surface area contributed by atoms with Gasteiger partial charge in [0.25, 0.3) is 0 Å². The smallest absolute Gasteiger partial charge is 0.421 e. The maximum atomic E-state index is 12.7. The number of carbonyl (C=O) groups excluding carboxylic acids is 2. The van der Waals surface area contributed by atoms with E-state index in [-0.39, 0.29) is 12.3 Å². The van der Waals surface area contributed by atoms with Gasteiger partial charge in [-0.2, -0.15) is 0 Å². The third-order valence-corrected chi connectivity index (χ3v) is 7.32. The second-order valence-electron chi connectivity index (χ2n) is 10.5. The molecule has 200 valence electrons. The molecule has 2 heterocycles. The van der Waals surface area contributed by atoms with E-state index in [2.05, 4.69) is 9.80 Å². The van der Waals surface area contributed by atoms with Gasteiger partial charge in [0.2, 0.25) is 5.91 Å². The number of anilines is 2. The molecule has 0 saturated carbocycles. The van der Waals surface area contributed by atoms with Crippen molar-refractivity contribution in [3.8, 4) is 5.75 Å². The number of unbranched alkanes of at least 4 members (excludes halogenated alkanes) is 1. The van der Waals surface area contributed by atoms with Gasteiger partial charge in [0, 0.05) is 38.7 Å². The fourth-order valence-electron chi connectivity index (χ4n) is 4.63. The molecule has 0 atom stereocenters. The first-order valence-corrected chi connectivity index (χ1v) is 13.6. The van der Waals surface area contributed by atoms with Crippen molar-refractivity contribution >= 4 is 46.6 Å². The minimum atomic E-state index is -0.682. The Morgan fingerprint density at radius 1 is 0.973 bits per heavy atom. The van der Waals surface area contributed by atoms with E-state index in [0.29, 0.717) is 34.5 Å². The van der Waals surface area contributed by atoms with E-state index in [1.165, 1.54) is 0 Å². The predicted molar refractivity (Wildman–Crippen MR) is 148 cm³/mol. The zero-order valence-electron chi connectivity index (χ0n) is 21.8. The Kier molecular flexibility index (Phi) is 8.88. The highest BCUT2D eigenvalue weighted by molar-refractivity contribution is 6.43. The van der Waals surface area contributed by atoms with Gasteiger partial charge in [-0.25, -0.2) is 9.69 Å². The topological polar surface area (TPSA) is 62.3 Å². The number of nitrogens with zero attached hydrogens (tertiary/aromatic N) is 3. The van der Waals surface area contributed by atoms with E-state index >= 15 is 0 Å². The van der Waals surface area contributed by atoms with Crippen LogP contribution in [0, 0.1) is 0 Å². The Labute approximate surface area is 229 Å². The largest absolute Gasteiger partial charge is 0.494 e. The van der Waals surface area contributed by atoms with Crippen LogP contribution in [-0.4, -0.2) is 61.8 Å². The summed E-state index contributed by atoms with van der Waals surface area (Å²) in [5, 5.41) is 1.21. The SMILES string of the molecule is CC(C)(C)OC(=O)N1C(=O)CCc2ccc(OCCCCN3CCN(c4cccc(Cl)c4Cl)CC3)cc21. The molecule has 1 fully saturated rings. The van der Waals surface area contributed by atoms with Crippen molar-refractivity contribution in [2.45, 2.75) is 52.1 Å². The summed E-state index contributed by atoms with van der Waals surface area (Å²) >= 11 is 12.6. The van der Waals surface area contributed by atoms with Gasteiger partial charge in [-0.3, -0.25) is 9.69 Å². The quantitative estimate of drug-likeness (QED) is 0.385. The number of carbonyl (C=O) groups is 2. The van der Waals surface area contributed by atoms with Crippen molar-refractivity contribution in [2.24, 2.45) is 0 Å². The lowest BCUT2D eigenvalue weighted by Crippen LogP contribution is -2.46. The van der Waals surface area contributed by atoms with Crippen LogP contribution in [0.2, 0.25) is 10.0 Å². The van der Waals surface area contributed by atoms with E-state index in [1.807, 2.05) is 30.3 Å². The number of hydrogen-bond donors (Lipinski definition) is 0. The average Bonchev–Trinajstić information content (AvgIpc) is 2.84. The molecule has 37 heavy (non-hydrogen) atoms. The van der Waals surface area contributed by atoms with Gasteiger partial charge < -0.3 is 14.4 Å². The van der Waals surface area contributed by atoms with Gasteiger partial charge in [-0.05, 0) is 70.3 Å². The lowest BCUT2D eigenvalue weighted by molar-refractivity contribution is -0.118. The van der Waals surface area contributed by atoms with E-state index in [9.17, 15) is 9.59 Å². The van der Waals surface area contributed by atoms with Crippen LogP contribution in [0.3, 0.4) is 0 Å². The Bertz CT molecular complexity index is 1130. The summed E-state index contributed by atoms with van der Waals surface area (Å²) in [6.45, 7) is 10.7. The zero-order chi connectivity index (χ0) is 26.6. The molecule has 0 N–H and O–H groups in total. The van der Waals surface area contributed by atoms with Crippen molar-refractivity contribution in [3.05, 3.63) is 52.0 Å². The molecule has 0 unspecified atom stereocenters. The number of benzene rings is 2. The number of rotatable bonds is 7. The molecule has 0 aliphatic carbocycles. The van der Waals surface area contributed by atoms with E-state index in [1.54, 1.807) is 26.8 Å². The van der Waals surface area contributed by atoms with Crippen LogP contribution >= 0.6 is 23.2 Å². The van der Waals surface area contributed by atoms with Crippen molar-refractivity contribution in [1.29, 1.82) is 0 Å². The first-order chi connectivity index (χ1) is 17.6. The van der Waals surface area contributed by atoms with Gasteiger partial charge in [0.1, 0.15) is 11.4 Å². The van der Waals surface area contributed by atoms with Gasteiger partial charge in [-0.1, -0.05) is 35.3 Å². The summed E-state index contributed by atoms with van der Waals surface area (Å²) in [4.78, 5) is 31.1. The number of halogens is 2. The number of imide groups is 1. The number of piperazine rings is 1. The Morgan fingerprint density at radius 2 is 1.73 bits per heavy atom. The maximum absolute atomic E-state index is 12.7. The number of fused-ring (bicyclic) bond motifs is 1. The van der Waals surface area contributed by atoms with Gasteiger partial charge in [-0.15, -0.1) is 0 Å². The second kappa shape index (κ2) is 11.9. The van der Waals surface area contributed by atoms with Crippen LogP contribution in [0.5, 0.6) is 5.75 Å². The first-order valence-electron chi connectivity index (χ1n) is 12.9. The molecule has 2 aromatic carbocycles. The van der Waals surface area contributed by atoms with Crippen molar-refractivity contribution < 1.29 is 19.1 Å². The summed E-state index contributed by atoms with van der Waals surface area (Å²) in [6.07, 6.45) is 2.17. The fraction of sp³-hybridized carbons (Fsp3) is 0.500. The summed E-state index contributed by atoms with van der Waals surface area (Å²) in [5.41, 5.74) is 1.81. The van der Waals surface area contributed by atoms with Crippen molar-refractivity contribution in [2.75, 3.05) is 49.1 Å². The molecule has 0 aromatic heterocycles. The van der Waals surface area contributed by atoms with Gasteiger partial charge in [0.15, 0.2) is 0 Å². The molecule has 1 saturated heterocycles. The van der Waals surface area contributed by atoms with Crippen LogP contribution in [0.15, 0.2) is 36.4 Å². The van der Waals surface area contributed by atoms with Crippen molar-refractivity contribution in [3.63, 3.8) is 0 Å². The zero-order valence-corrected chi connectivity index (χ0v) is 23.3. The molecule has 7 nitrogen and oxygen atoms in total. The lowest BCUT2D eigenvalue weighted by atomic mass is 10.0. The van der Waals surface area contributed by atoms with Crippen LogP contribution < -0.4 is 14.5 Å². The minimum Gasteiger partial charge on any atom is -0.494 e. The highest BCUT2D eigenvalue weighted by Gasteiger charge is 2.33. The van der Waals surface area contributed by atoms with E-state index in [4.69, 9.17) is 32.7 Å². The fourth-order valence-corrected chi connectivity index (χ4v) is 5.04. The normalized spacial score (nSPS) is 16.5. The summed E-state index contributed by atoms with van der Waals surface area (Å²) < 4.78 is 11.4. The third kappa shape index (κ3) is 7.09. The third-order valence-electron chi connectivity index (χ3n) is 6.51. The predicted octanol–water partition coefficient (Wildman–Crippen LogP) is 6.19. The van der Waals surface area contributed by atoms with Crippen molar-refractivity contribution in [1.82, 2.24) is 4.90 Å². The monoisotopic (exact) mass is 547 g/mol. The summed E-state index contributed by atoms with van der Waals surface area (Å²) in [5.74, 6) is 0.394. The molecule has 2 aromatic rings.